The molecule has 360 valence electrons. The molecule has 62 heavy (non-hydrogen) atoms. The van der Waals surface area contributed by atoms with Crippen molar-refractivity contribution in [3.63, 3.8) is 0 Å². The van der Waals surface area contributed by atoms with Gasteiger partial charge in [0.2, 0.25) is 5.91 Å². The molecule has 0 aromatic heterocycles. The molecule has 9 heteroatoms. The molecule has 0 heterocycles. The number of hydrogen-bond donors (Lipinski definition) is 2. The fourth-order valence-corrected chi connectivity index (χ4v) is 7.67. The van der Waals surface area contributed by atoms with Crippen LogP contribution in [0.5, 0.6) is 0 Å². The van der Waals surface area contributed by atoms with Crippen LogP contribution in [0.1, 0.15) is 206 Å². The second kappa shape index (κ2) is 44.2. The number of carbonyl (C=O) groups excluding carboxylic acids is 1. The summed E-state index contributed by atoms with van der Waals surface area (Å²) in [6.45, 7) is 4.52. The molecule has 0 fully saturated rings. The number of carbonyl (C=O) groups is 1. The summed E-state index contributed by atoms with van der Waals surface area (Å²) in [4.78, 5) is 25.4. The minimum atomic E-state index is -4.60. The Hall–Kier alpha value is -2.06. The first-order valence-corrected chi connectivity index (χ1v) is 26.8. The average Bonchev–Trinajstić information content (AvgIpc) is 3.23. The maximum absolute atomic E-state index is 12.9. The maximum Gasteiger partial charge on any atom is 0.268 e. The third-order valence-corrected chi connectivity index (χ3v) is 11.9. The Morgan fingerprint density at radius 1 is 0.581 bits per heavy atom. The van der Waals surface area contributed by atoms with Crippen molar-refractivity contribution in [3.8, 4) is 0 Å². The maximum atomic E-state index is 12.9. The molecule has 1 amide bonds. The van der Waals surface area contributed by atoms with E-state index in [1.165, 1.54) is 96.3 Å². The van der Waals surface area contributed by atoms with Gasteiger partial charge < -0.3 is 28.8 Å². The molecule has 0 aliphatic heterocycles. The molecular formula is C53H97N2O6P. The molecule has 3 atom stereocenters. The van der Waals surface area contributed by atoms with Gasteiger partial charge in [-0.25, -0.2) is 0 Å². The van der Waals surface area contributed by atoms with Crippen LogP contribution in [0.4, 0.5) is 0 Å². The van der Waals surface area contributed by atoms with Gasteiger partial charge in [0.1, 0.15) is 13.2 Å². The lowest BCUT2D eigenvalue weighted by atomic mass is 10.0. The minimum absolute atomic E-state index is 0.00850. The standard InChI is InChI=1S/C53H97N2O6P/c1-6-8-10-12-14-16-18-20-22-24-26-27-29-31-33-35-37-39-41-43-45-47-53(57)54-51(50-61-62(58,59)60-49-48-55(3,4)5)52(56)46-44-42-40-38-36-34-32-30-28-25-23-21-19-17-15-13-11-9-7-2/h8,10,14,16,20,22,26-27,31,33,44,46,51-52,56H,6-7,9,11-13,15,17-19,21,23-25,28-30,32,34-43,45,47-50H2,1-5H3,(H-,54,57,58,59)/b10-8-,16-14-,22-20-,27-26-,33-31-,46-44+. The van der Waals surface area contributed by atoms with Crippen molar-refractivity contribution in [3.05, 3.63) is 72.9 Å². The minimum Gasteiger partial charge on any atom is -0.756 e. The molecule has 0 bridgehead atoms. The van der Waals surface area contributed by atoms with E-state index < -0.39 is 26.6 Å². The van der Waals surface area contributed by atoms with Gasteiger partial charge in [-0.15, -0.1) is 0 Å². The van der Waals surface area contributed by atoms with E-state index in [0.29, 0.717) is 17.4 Å². The third-order valence-electron chi connectivity index (χ3n) is 10.9. The number of amides is 1. The van der Waals surface area contributed by atoms with E-state index in [9.17, 15) is 19.4 Å². The van der Waals surface area contributed by atoms with Crippen molar-refractivity contribution in [2.75, 3.05) is 40.9 Å². The Kier molecular flexibility index (Phi) is 42.7. The fourth-order valence-electron chi connectivity index (χ4n) is 6.94. The number of nitrogens with one attached hydrogen (secondary N) is 1. The Labute approximate surface area is 383 Å². The van der Waals surface area contributed by atoms with E-state index in [0.717, 1.165) is 89.9 Å². The van der Waals surface area contributed by atoms with E-state index in [4.69, 9.17) is 9.05 Å². The number of nitrogens with zero attached hydrogens (tertiary/aromatic N) is 1. The molecule has 8 nitrogen and oxygen atoms in total. The van der Waals surface area contributed by atoms with Crippen molar-refractivity contribution in [1.82, 2.24) is 5.32 Å². The Balaban J connectivity index is 4.39. The molecule has 2 N–H and O–H groups in total. The summed E-state index contributed by atoms with van der Waals surface area (Å²) < 4.78 is 23.3. The van der Waals surface area contributed by atoms with Gasteiger partial charge in [0.05, 0.1) is 39.9 Å². The van der Waals surface area contributed by atoms with Crippen LogP contribution in [0.3, 0.4) is 0 Å². The number of unbranched alkanes of at least 4 members (excludes halogenated alkanes) is 22. The molecule has 0 rings (SSSR count). The van der Waals surface area contributed by atoms with E-state index in [2.05, 4.69) is 79.9 Å². The Bertz CT molecular complexity index is 1240. The summed E-state index contributed by atoms with van der Waals surface area (Å²) in [7, 11) is 1.24. The molecule has 0 spiro atoms. The van der Waals surface area contributed by atoms with Crippen LogP contribution in [-0.2, 0) is 18.4 Å². The van der Waals surface area contributed by atoms with Crippen LogP contribution in [0.2, 0.25) is 0 Å². The van der Waals surface area contributed by atoms with Gasteiger partial charge >= 0.3 is 0 Å². The van der Waals surface area contributed by atoms with Crippen molar-refractivity contribution in [1.29, 1.82) is 0 Å². The second-order valence-electron chi connectivity index (χ2n) is 18.1. The van der Waals surface area contributed by atoms with E-state index in [-0.39, 0.29) is 12.5 Å². The molecule has 0 aromatic carbocycles. The number of hydrogen-bond acceptors (Lipinski definition) is 6. The van der Waals surface area contributed by atoms with Gasteiger partial charge in [0.25, 0.3) is 7.82 Å². The van der Waals surface area contributed by atoms with E-state index in [1.807, 2.05) is 27.2 Å². The molecule has 0 saturated heterocycles. The summed E-state index contributed by atoms with van der Waals surface area (Å²) in [6.07, 6.45) is 59.5. The first-order chi connectivity index (χ1) is 30.0. The number of phosphoric acid groups is 1. The third kappa shape index (κ3) is 45.9. The zero-order valence-corrected chi connectivity index (χ0v) is 41.7. The number of aliphatic hydroxyl groups is 1. The van der Waals surface area contributed by atoms with Crippen LogP contribution in [0.15, 0.2) is 72.9 Å². The fraction of sp³-hybridized carbons (Fsp3) is 0.755. The van der Waals surface area contributed by atoms with E-state index in [1.54, 1.807) is 6.08 Å². The number of likely N-dealkylation sites (N-methyl/N-ethyl adjacent to an activating group) is 1. The van der Waals surface area contributed by atoms with Crippen molar-refractivity contribution < 1.29 is 32.9 Å². The zero-order valence-electron chi connectivity index (χ0n) is 40.8. The molecule has 0 aliphatic rings. The van der Waals surface area contributed by atoms with Crippen LogP contribution >= 0.6 is 7.82 Å². The highest BCUT2D eigenvalue weighted by atomic mass is 31.2. The SMILES string of the molecule is CC/C=C\C/C=C\C/C=C\C/C=C\C/C=C\CCCCCCCC(=O)NC(COP(=O)([O-])OCC[N+](C)(C)C)C(O)/C=C/CCCCCCCCCCCCCCCCCCC. The van der Waals surface area contributed by atoms with Gasteiger partial charge in [-0.3, -0.25) is 9.36 Å². The molecule has 0 radical (unpaired) electrons. The quantitative estimate of drug-likeness (QED) is 0.0273. The zero-order chi connectivity index (χ0) is 45.7. The lowest BCUT2D eigenvalue weighted by Gasteiger charge is -2.29. The average molecular weight is 889 g/mol. The molecule has 3 unspecified atom stereocenters. The lowest BCUT2D eigenvalue weighted by Crippen LogP contribution is -2.45. The summed E-state index contributed by atoms with van der Waals surface area (Å²) in [5.74, 6) is -0.218. The molecule has 0 aromatic rings. The van der Waals surface area contributed by atoms with Crippen LogP contribution < -0.4 is 10.2 Å². The summed E-state index contributed by atoms with van der Waals surface area (Å²) in [5.41, 5.74) is 0. The predicted molar refractivity (Wildman–Crippen MR) is 265 cm³/mol. The van der Waals surface area contributed by atoms with Gasteiger partial charge in [-0.2, -0.15) is 0 Å². The smallest absolute Gasteiger partial charge is 0.268 e. The van der Waals surface area contributed by atoms with Gasteiger partial charge in [0, 0.05) is 6.42 Å². The largest absolute Gasteiger partial charge is 0.756 e. The number of phosphoric ester groups is 1. The van der Waals surface area contributed by atoms with E-state index >= 15 is 0 Å². The number of rotatable bonds is 45. The normalized spacial score (nSPS) is 14.8. The van der Waals surface area contributed by atoms with Crippen LogP contribution in [0, 0.1) is 0 Å². The Morgan fingerprint density at radius 3 is 1.44 bits per heavy atom. The first kappa shape index (κ1) is 59.9. The van der Waals surface area contributed by atoms with Gasteiger partial charge in [-0.05, 0) is 64.2 Å². The van der Waals surface area contributed by atoms with Crippen LogP contribution in [-0.4, -0.2) is 68.5 Å². The highest BCUT2D eigenvalue weighted by Gasteiger charge is 2.23. The second-order valence-corrected chi connectivity index (χ2v) is 19.6. The highest BCUT2D eigenvalue weighted by molar-refractivity contribution is 7.45. The van der Waals surface area contributed by atoms with Crippen molar-refractivity contribution >= 4 is 13.7 Å². The topological polar surface area (TPSA) is 108 Å². The first-order valence-electron chi connectivity index (χ1n) is 25.3. The lowest BCUT2D eigenvalue weighted by molar-refractivity contribution is -0.870. The highest BCUT2D eigenvalue weighted by Crippen LogP contribution is 2.38. The van der Waals surface area contributed by atoms with Crippen molar-refractivity contribution in [2.45, 2.75) is 219 Å². The van der Waals surface area contributed by atoms with Gasteiger partial charge in [-0.1, -0.05) is 209 Å². The summed E-state index contributed by atoms with van der Waals surface area (Å²) in [5, 5.41) is 13.8. The number of aliphatic hydroxyl groups excluding tert-OH is 1. The number of quaternary nitrogens is 1. The van der Waals surface area contributed by atoms with Gasteiger partial charge in [0.15, 0.2) is 0 Å². The number of allylic oxidation sites excluding steroid dienone is 11. The van der Waals surface area contributed by atoms with Crippen LogP contribution in [0.25, 0.3) is 0 Å². The molecule has 0 aliphatic carbocycles. The monoisotopic (exact) mass is 889 g/mol. The van der Waals surface area contributed by atoms with Crippen molar-refractivity contribution in [2.24, 2.45) is 0 Å². The molecular weight excluding hydrogens is 792 g/mol. The predicted octanol–water partition coefficient (Wildman–Crippen LogP) is 14.1. The molecule has 0 saturated carbocycles. The summed E-state index contributed by atoms with van der Waals surface area (Å²) >= 11 is 0. The summed E-state index contributed by atoms with van der Waals surface area (Å²) in [6, 6.07) is -0.901. The Morgan fingerprint density at radius 2 is 0.984 bits per heavy atom.